The lowest BCUT2D eigenvalue weighted by Gasteiger charge is -2.30. The van der Waals surface area contributed by atoms with Crippen LogP contribution in [0.4, 0.5) is 5.82 Å². The summed E-state index contributed by atoms with van der Waals surface area (Å²) in [6, 6.07) is 13.6. The molecule has 4 rings (SSSR count). The van der Waals surface area contributed by atoms with Crippen LogP contribution in [0.25, 0.3) is 11.3 Å². The van der Waals surface area contributed by atoms with E-state index in [9.17, 15) is 0 Å². The van der Waals surface area contributed by atoms with Crippen LogP contribution in [0.15, 0.2) is 54.9 Å². The molecule has 1 aromatic carbocycles. The first-order valence-corrected chi connectivity index (χ1v) is 8.55. The molecule has 3 heterocycles. The molecule has 1 unspecified atom stereocenters. The lowest BCUT2D eigenvalue weighted by atomic mass is 10.2. The quantitative estimate of drug-likeness (QED) is 0.722. The molecule has 0 radical (unpaired) electrons. The molecule has 3 aromatic rings. The smallest absolute Gasteiger partial charge is 0.161 e. The van der Waals surface area contributed by atoms with E-state index in [4.69, 9.17) is 9.47 Å². The topological polar surface area (TPSA) is 60.4 Å². The molecular formula is C20H20N4O2. The van der Waals surface area contributed by atoms with Gasteiger partial charge in [0, 0.05) is 31.1 Å². The minimum Gasteiger partial charge on any atom is -0.486 e. The van der Waals surface area contributed by atoms with Crippen LogP contribution in [0.2, 0.25) is 0 Å². The molecule has 6 heteroatoms. The van der Waals surface area contributed by atoms with E-state index < -0.39 is 0 Å². The van der Waals surface area contributed by atoms with Crippen LogP contribution in [0.3, 0.4) is 0 Å². The molecule has 6 nitrogen and oxygen atoms in total. The predicted molar refractivity (Wildman–Crippen MR) is 99.6 cm³/mol. The summed E-state index contributed by atoms with van der Waals surface area (Å²) in [5, 5.41) is 0. The molecule has 1 aliphatic heterocycles. The van der Waals surface area contributed by atoms with Crippen molar-refractivity contribution >= 4 is 5.82 Å². The Morgan fingerprint density at radius 2 is 1.96 bits per heavy atom. The summed E-state index contributed by atoms with van der Waals surface area (Å²) in [6.07, 6.45) is 3.50. The second-order valence-electron chi connectivity index (χ2n) is 6.28. The Balaban J connectivity index is 1.52. The SMILES string of the molecule is Cc1nc(-c2cccnc2)cc(N(C)CC2COc3ccccc3O2)n1. The van der Waals surface area contributed by atoms with Gasteiger partial charge in [-0.1, -0.05) is 12.1 Å². The van der Waals surface area contributed by atoms with Crippen LogP contribution >= 0.6 is 0 Å². The third-order valence-electron chi connectivity index (χ3n) is 4.22. The lowest BCUT2D eigenvalue weighted by Crippen LogP contribution is -2.39. The van der Waals surface area contributed by atoms with E-state index in [1.54, 1.807) is 12.4 Å². The largest absolute Gasteiger partial charge is 0.486 e. The number of nitrogens with zero attached hydrogens (tertiary/aromatic N) is 4. The number of fused-ring (bicyclic) bond motifs is 1. The maximum absolute atomic E-state index is 6.05. The van der Waals surface area contributed by atoms with Crippen LogP contribution in [-0.4, -0.2) is 41.3 Å². The van der Waals surface area contributed by atoms with Crippen LogP contribution in [0, 0.1) is 6.92 Å². The van der Waals surface area contributed by atoms with Gasteiger partial charge in [0.15, 0.2) is 17.6 Å². The normalized spacial score (nSPS) is 15.5. The number of rotatable bonds is 4. The highest BCUT2D eigenvalue weighted by Crippen LogP contribution is 2.31. The van der Waals surface area contributed by atoms with Gasteiger partial charge < -0.3 is 14.4 Å². The average Bonchev–Trinajstić information content (AvgIpc) is 2.68. The Hall–Kier alpha value is -3.15. The maximum Gasteiger partial charge on any atom is 0.161 e. The van der Waals surface area contributed by atoms with Crippen molar-refractivity contribution < 1.29 is 9.47 Å². The van der Waals surface area contributed by atoms with Gasteiger partial charge in [-0.15, -0.1) is 0 Å². The maximum atomic E-state index is 6.05. The summed E-state index contributed by atoms with van der Waals surface area (Å²) in [6.45, 7) is 3.08. The Bertz CT molecular complexity index is 901. The molecular weight excluding hydrogens is 328 g/mol. The third kappa shape index (κ3) is 3.44. The fourth-order valence-electron chi connectivity index (χ4n) is 2.96. The molecule has 2 aromatic heterocycles. The van der Waals surface area contributed by atoms with E-state index in [2.05, 4.69) is 19.9 Å². The van der Waals surface area contributed by atoms with Crippen LogP contribution in [0.5, 0.6) is 11.5 Å². The van der Waals surface area contributed by atoms with Gasteiger partial charge in [-0.3, -0.25) is 4.98 Å². The van der Waals surface area contributed by atoms with Crippen LogP contribution in [0.1, 0.15) is 5.82 Å². The first-order chi connectivity index (χ1) is 12.7. The van der Waals surface area contributed by atoms with Crippen molar-refractivity contribution in [3.8, 4) is 22.8 Å². The van der Waals surface area contributed by atoms with E-state index in [0.717, 1.165) is 34.4 Å². The first-order valence-electron chi connectivity index (χ1n) is 8.55. The van der Waals surface area contributed by atoms with Crippen LogP contribution in [-0.2, 0) is 0 Å². The molecule has 0 fully saturated rings. The second-order valence-corrected chi connectivity index (χ2v) is 6.28. The van der Waals surface area contributed by atoms with Gasteiger partial charge in [-0.25, -0.2) is 9.97 Å². The van der Waals surface area contributed by atoms with E-state index in [-0.39, 0.29) is 6.10 Å². The molecule has 0 N–H and O–H groups in total. The van der Waals surface area contributed by atoms with Crippen LogP contribution < -0.4 is 14.4 Å². The van der Waals surface area contributed by atoms with Crippen molar-refractivity contribution in [2.24, 2.45) is 0 Å². The molecule has 0 amide bonds. The number of aromatic nitrogens is 3. The zero-order chi connectivity index (χ0) is 17.9. The predicted octanol–water partition coefficient (Wildman–Crippen LogP) is 3.12. The van der Waals surface area contributed by atoms with Gasteiger partial charge in [0.05, 0.1) is 12.2 Å². The molecule has 132 valence electrons. The highest BCUT2D eigenvalue weighted by molar-refractivity contribution is 5.61. The molecule has 1 aliphatic rings. The fraction of sp³-hybridized carbons (Fsp3) is 0.250. The number of anilines is 1. The number of para-hydroxylation sites is 2. The molecule has 0 spiro atoms. The Morgan fingerprint density at radius 3 is 2.77 bits per heavy atom. The van der Waals surface area contributed by atoms with Crippen molar-refractivity contribution in [1.82, 2.24) is 15.0 Å². The number of hydrogen-bond donors (Lipinski definition) is 0. The first kappa shape index (κ1) is 16.3. The lowest BCUT2D eigenvalue weighted by molar-refractivity contribution is 0.0959. The average molecular weight is 348 g/mol. The van der Waals surface area contributed by atoms with Gasteiger partial charge >= 0.3 is 0 Å². The zero-order valence-electron chi connectivity index (χ0n) is 14.8. The summed E-state index contributed by atoms with van der Waals surface area (Å²) < 4.78 is 11.8. The summed E-state index contributed by atoms with van der Waals surface area (Å²) in [5.74, 6) is 3.15. The monoisotopic (exact) mass is 348 g/mol. The zero-order valence-corrected chi connectivity index (χ0v) is 14.8. The standard InChI is InChI=1S/C20H20N4O2/c1-14-22-17(15-6-5-9-21-11-15)10-20(23-14)24(2)12-16-13-25-18-7-3-4-8-19(18)26-16/h3-11,16H,12-13H2,1-2H3. The van der Waals surface area contributed by atoms with Gasteiger partial charge in [0.1, 0.15) is 18.2 Å². The van der Waals surface area contributed by atoms with Gasteiger partial charge in [0.2, 0.25) is 0 Å². The van der Waals surface area contributed by atoms with E-state index in [1.807, 2.05) is 56.4 Å². The number of hydrogen-bond acceptors (Lipinski definition) is 6. The summed E-state index contributed by atoms with van der Waals surface area (Å²) in [5.41, 5.74) is 1.83. The van der Waals surface area contributed by atoms with Gasteiger partial charge in [-0.2, -0.15) is 0 Å². The molecule has 0 saturated carbocycles. The molecule has 26 heavy (non-hydrogen) atoms. The highest BCUT2D eigenvalue weighted by Gasteiger charge is 2.22. The van der Waals surface area contributed by atoms with E-state index in [0.29, 0.717) is 13.2 Å². The number of ether oxygens (including phenoxy) is 2. The highest BCUT2D eigenvalue weighted by atomic mass is 16.6. The van der Waals surface area contributed by atoms with E-state index in [1.165, 1.54) is 0 Å². The van der Waals surface area contributed by atoms with E-state index >= 15 is 0 Å². The fourth-order valence-corrected chi connectivity index (χ4v) is 2.96. The van der Waals surface area contributed by atoms with Crippen molar-refractivity contribution in [2.75, 3.05) is 25.1 Å². The number of benzene rings is 1. The van der Waals surface area contributed by atoms with Gasteiger partial charge in [0.25, 0.3) is 0 Å². The summed E-state index contributed by atoms with van der Waals surface area (Å²) in [4.78, 5) is 15.3. The Labute approximate surface area is 152 Å². The summed E-state index contributed by atoms with van der Waals surface area (Å²) in [7, 11) is 2.00. The van der Waals surface area contributed by atoms with Crippen molar-refractivity contribution in [3.63, 3.8) is 0 Å². The molecule has 0 aliphatic carbocycles. The Kier molecular flexibility index (Phi) is 4.39. The van der Waals surface area contributed by atoms with Crippen molar-refractivity contribution in [2.45, 2.75) is 13.0 Å². The third-order valence-corrected chi connectivity index (χ3v) is 4.22. The molecule has 0 saturated heterocycles. The van der Waals surface area contributed by atoms with Crippen molar-refractivity contribution in [1.29, 1.82) is 0 Å². The minimum absolute atomic E-state index is 0.0630. The Morgan fingerprint density at radius 1 is 1.12 bits per heavy atom. The molecule has 1 atom stereocenters. The number of aryl methyl sites for hydroxylation is 1. The number of likely N-dealkylation sites (N-methyl/N-ethyl adjacent to an activating group) is 1. The van der Waals surface area contributed by atoms with Crippen molar-refractivity contribution in [3.05, 3.63) is 60.7 Å². The minimum atomic E-state index is -0.0630. The number of pyridine rings is 1. The van der Waals surface area contributed by atoms with Gasteiger partial charge in [-0.05, 0) is 31.2 Å². The molecule has 0 bridgehead atoms. The summed E-state index contributed by atoms with van der Waals surface area (Å²) >= 11 is 0. The second kappa shape index (κ2) is 7.00.